The Morgan fingerprint density at radius 2 is 1.85 bits per heavy atom. The van der Waals surface area contributed by atoms with Crippen LogP contribution in [0.5, 0.6) is 0 Å². The van der Waals surface area contributed by atoms with E-state index >= 15 is 0 Å². The molecule has 0 radical (unpaired) electrons. The Morgan fingerprint density at radius 3 is 2.33 bits per heavy atom. The Hall–Kier alpha value is -1.45. The second-order valence-corrected chi connectivity index (χ2v) is 12.6. The van der Waals surface area contributed by atoms with Gasteiger partial charge < -0.3 is 0 Å². The molecule has 2 N–H and O–H groups in total. The van der Waals surface area contributed by atoms with E-state index in [-0.39, 0.29) is 34.9 Å². The van der Waals surface area contributed by atoms with Gasteiger partial charge in [0.15, 0.2) is 0 Å². The van der Waals surface area contributed by atoms with Gasteiger partial charge in [-0.05, 0) is 0 Å². The second kappa shape index (κ2) is 12.9. The zero-order valence-electron chi connectivity index (χ0n) is 16.9. The van der Waals surface area contributed by atoms with Crippen molar-refractivity contribution in [1.29, 1.82) is 0 Å². The van der Waals surface area contributed by atoms with E-state index < -0.39 is 72.7 Å². The van der Waals surface area contributed by atoms with E-state index in [1.54, 1.807) is 0 Å². The molecule has 0 heterocycles. The van der Waals surface area contributed by atoms with Crippen LogP contribution < -0.4 is 4.90 Å². The molecule has 0 saturated carbocycles. The summed E-state index contributed by atoms with van der Waals surface area (Å²) in [4.78, 5) is 52.8. The van der Waals surface area contributed by atoms with Crippen LogP contribution in [0.3, 0.4) is 0 Å². The van der Waals surface area contributed by atoms with Crippen LogP contribution in [0.4, 0.5) is 17.1 Å². The summed E-state index contributed by atoms with van der Waals surface area (Å²) in [5.74, 6) is 0. The normalized spacial score (nSPS) is 12.2. The first-order chi connectivity index (χ1) is 15.2. The van der Waals surface area contributed by atoms with Crippen LogP contribution in [0.1, 0.15) is 10.4 Å². The van der Waals surface area contributed by atoms with Crippen molar-refractivity contribution < 1.29 is 46.1 Å². The summed E-state index contributed by atoms with van der Waals surface area (Å²) in [6.07, 6.45) is 0.815. The number of rotatable bonds is 15. The molecule has 1 atom stereocenters. The van der Waals surface area contributed by atoms with Gasteiger partial charge in [0, 0.05) is 0 Å². The quantitative estimate of drug-likeness (QED) is 0.0516. The Bertz CT molecular complexity index is 1050. The van der Waals surface area contributed by atoms with Crippen molar-refractivity contribution >= 4 is 71.3 Å². The van der Waals surface area contributed by atoms with Gasteiger partial charge in [0.2, 0.25) is 0 Å². The maximum absolute atomic E-state index is 12.9. The molecular formula is C14H20AsBrN3O12PS. The fourth-order valence-electron chi connectivity index (χ4n) is 2.51. The van der Waals surface area contributed by atoms with Crippen molar-refractivity contribution in [2.24, 2.45) is 0 Å². The second-order valence-electron chi connectivity index (χ2n) is 6.16. The molecule has 0 spiro atoms. The molecule has 19 heteroatoms. The van der Waals surface area contributed by atoms with Gasteiger partial charge in [0.25, 0.3) is 0 Å². The van der Waals surface area contributed by atoms with E-state index in [9.17, 15) is 38.0 Å². The van der Waals surface area contributed by atoms with Crippen LogP contribution >= 0.6 is 23.8 Å². The number of carbonyl (C=O) groups is 1. The molecule has 0 aliphatic carbocycles. The molecule has 0 aliphatic rings. The first-order valence-electron chi connectivity index (χ1n) is 8.76. The molecule has 0 aliphatic heterocycles. The molecular weight excluding hydrogens is 620 g/mol. The van der Waals surface area contributed by atoms with Gasteiger partial charge in [0.1, 0.15) is 0 Å². The van der Waals surface area contributed by atoms with Crippen LogP contribution in [-0.2, 0) is 23.4 Å². The summed E-state index contributed by atoms with van der Waals surface area (Å²) in [7, 11) is -8.56. The van der Waals surface area contributed by atoms with E-state index in [0.717, 1.165) is 12.3 Å². The zero-order valence-corrected chi connectivity index (χ0v) is 22.3. The Morgan fingerprint density at radius 1 is 1.21 bits per heavy atom. The molecule has 186 valence electrons. The summed E-state index contributed by atoms with van der Waals surface area (Å²) in [6.45, 7) is -0.984. The van der Waals surface area contributed by atoms with Gasteiger partial charge in [-0.2, -0.15) is 0 Å². The number of nitrogens with zero attached hydrogens (tertiary/aromatic N) is 3. The van der Waals surface area contributed by atoms with Crippen molar-refractivity contribution in [2.45, 2.75) is 5.21 Å². The van der Waals surface area contributed by atoms with Crippen molar-refractivity contribution in [1.82, 2.24) is 0 Å². The monoisotopic (exact) mass is 639 g/mol. The number of hydrogen-bond donors (Lipinski definition) is 2. The molecule has 33 heavy (non-hydrogen) atoms. The third-order valence-corrected chi connectivity index (χ3v) is 7.36. The molecule has 0 amide bonds. The predicted molar refractivity (Wildman–Crippen MR) is 121 cm³/mol. The Balaban J connectivity index is 3.43. The van der Waals surface area contributed by atoms with E-state index in [0.29, 0.717) is 6.07 Å². The van der Waals surface area contributed by atoms with Crippen LogP contribution in [0.2, 0.25) is 5.21 Å². The van der Waals surface area contributed by atoms with Crippen LogP contribution in [-0.4, -0.2) is 86.3 Å². The SMILES string of the molecule is CS(=O)(=O)OCCN(CCBr)c1c(C(=O)[AsH]CCOP(=O)(O)O)cc([N+](=O)[O-])cc1[N+](=O)[O-]. The molecule has 0 aromatic heterocycles. The fraction of sp³-hybridized carbons (Fsp3) is 0.500. The molecule has 15 nitrogen and oxygen atoms in total. The Kier molecular flexibility index (Phi) is 11.5. The molecule has 1 aromatic rings. The maximum atomic E-state index is 12.9. The molecule has 1 unspecified atom stereocenters. The van der Waals surface area contributed by atoms with E-state index in [2.05, 4.69) is 24.6 Å². The fourth-order valence-corrected chi connectivity index (χ4v) is 5.71. The standard InChI is InChI=1S/C14H20AsBrN3O12PS/c1-33(28,29)31-7-5-17(4-3-16)13-11(14(20)15-2-6-30-32(25,26)27)8-10(18(21)22)9-12(13)19(23)24/h8-9,15H,2-7H2,1H3,(H2,25,26,27). The van der Waals surface area contributed by atoms with Crippen LogP contribution in [0.25, 0.3) is 0 Å². The first kappa shape index (κ1) is 29.6. The number of phosphoric acid groups is 1. The first-order valence-corrected chi connectivity index (χ1v) is 15.8. The van der Waals surface area contributed by atoms with Crippen LogP contribution in [0.15, 0.2) is 12.1 Å². The van der Waals surface area contributed by atoms with E-state index in [1.807, 2.05) is 0 Å². The number of benzene rings is 1. The number of carbonyl (C=O) groups excluding carboxylic acids is 1. The van der Waals surface area contributed by atoms with Gasteiger partial charge in [-0.1, -0.05) is 0 Å². The van der Waals surface area contributed by atoms with Gasteiger partial charge in [0.05, 0.1) is 0 Å². The number of phosphoric ester groups is 1. The summed E-state index contributed by atoms with van der Waals surface area (Å²) < 4.78 is 41.5. The number of nitro benzene ring substituents is 2. The topological polar surface area (TPSA) is 217 Å². The molecule has 0 saturated heterocycles. The minimum atomic E-state index is -4.75. The minimum absolute atomic E-state index is 0.0600. The summed E-state index contributed by atoms with van der Waals surface area (Å²) in [6, 6.07) is 1.58. The van der Waals surface area contributed by atoms with Crippen LogP contribution in [0, 0.1) is 20.2 Å². The zero-order chi connectivity index (χ0) is 25.4. The number of hydrogen-bond acceptors (Lipinski definition) is 11. The van der Waals surface area contributed by atoms with Crippen molar-refractivity contribution in [2.75, 3.05) is 42.8 Å². The number of nitro groups is 2. The molecule has 0 fully saturated rings. The van der Waals surface area contributed by atoms with Gasteiger partial charge in [-0.25, -0.2) is 0 Å². The van der Waals surface area contributed by atoms with E-state index in [1.165, 1.54) is 4.90 Å². The van der Waals surface area contributed by atoms with Crippen molar-refractivity contribution in [3.05, 3.63) is 37.9 Å². The predicted octanol–water partition coefficient (Wildman–Crippen LogP) is 0.785. The average molecular weight is 640 g/mol. The molecule has 0 bridgehead atoms. The summed E-state index contributed by atoms with van der Waals surface area (Å²) in [5, 5.41) is 23.2. The van der Waals surface area contributed by atoms with Crippen molar-refractivity contribution in [3.8, 4) is 0 Å². The summed E-state index contributed by atoms with van der Waals surface area (Å²) >= 11 is 1.47. The molecule has 1 rings (SSSR count). The van der Waals surface area contributed by atoms with Crippen molar-refractivity contribution in [3.63, 3.8) is 0 Å². The third kappa shape index (κ3) is 10.6. The number of alkyl halides is 1. The van der Waals surface area contributed by atoms with Gasteiger partial charge in [-0.15, -0.1) is 0 Å². The Labute approximate surface area is 202 Å². The summed E-state index contributed by atoms with van der Waals surface area (Å²) in [5.41, 5.74) is -2.00. The third-order valence-electron chi connectivity index (χ3n) is 3.70. The number of halogens is 1. The van der Waals surface area contributed by atoms with Gasteiger partial charge >= 0.3 is 203 Å². The number of non-ortho nitro benzene ring substituents is 1. The number of anilines is 1. The van der Waals surface area contributed by atoms with Gasteiger partial charge in [-0.3, -0.25) is 0 Å². The average Bonchev–Trinajstić information content (AvgIpc) is 2.67. The van der Waals surface area contributed by atoms with E-state index in [4.69, 9.17) is 9.79 Å². The molecule has 1 aromatic carbocycles.